The molecule has 0 bridgehead atoms. The van der Waals surface area contributed by atoms with E-state index >= 15 is 0 Å². The van der Waals surface area contributed by atoms with Gasteiger partial charge in [0.1, 0.15) is 0 Å². The molecule has 2 amide bonds. The Morgan fingerprint density at radius 1 is 1.03 bits per heavy atom. The summed E-state index contributed by atoms with van der Waals surface area (Å²) < 4.78 is 0. The number of carbonyl (C=O) groups is 2. The predicted molar refractivity (Wildman–Crippen MR) is 121 cm³/mol. The van der Waals surface area contributed by atoms with Gasteiger partial charge in [0.25, 0.3) is 5.91 Å². The molecule has 1 unspecified atom stereocenters. The first kappa shape index (κ1) is 19.7. The number of para-hydroxylation sites is 2. The van der Waals surface area contributed by atoms with E-state index in [4.69, 9.17) is 0 Å². The van der Waals surface area contributed by atoms with Gasteiger partial charge in [-0.15, -0.1) is 11.3 Å². The molecule has 2 fully saturated rings. The number of benzene rings is 1. The first-order valence-electron chi connectivity index (χ1n) is 11.0. The zero-order chi connectivity index (χ0) is 20.5. The van der Waals surface area contributed by atoms with Crippen molar-refractivity contribution in [3.8, 4) is 0 Å². The summed E-state index contributed by atoms with van der Waals surface area (Å²) in [7, 11) is 0. The third-order valence-corrected chi connectivity index (χ3v) is 7.26. The van der Waals surface area contributed by atoms with E-state index in [2.05, 4.69) is 15.1 Å². The van der Waals surface area contributed by atoms with E-state index in [-0.39, 0.29) is 11.8 Å². The molecule has 1 aromatic carbocycles. The number of nitrogens with one attached hydrogen (secondary N) is 1. The summed E-state index contributed by atoms with van der Waals surface area (Å²) in [6.45, 7) is 4.78. The van der Waals surface area contributed by atoms with Crippen LogP contribution in [0.5, 0.6) is 0 Å². The van der Waals surface area contributed by atoms with Gasteiger partial charge in [-0.25, -0.2) is 0 Å². The molecule has 158 valence electrons. The van der Waals surface area contributed by atoms with Crippen molar-refractivity contribution in [3.63, 3.8) is 0 Å². The summed E-state index contributed by atoms with van der Waals surface area (Å²) >= 11 is 1.46. The van der Waals surface area contributed by atoms with Gasteiger partial charge in [-0.1, -0.05) is 18.6 Å². The highest BCUT2D eigenvalue weighted by atomic mass is 32.1. The van der Waals surface area contributed by atoms with Crippen molar-refractivity contribution in [2.75, 3.05) is 42.9 Å². The van der Waals surface area contributed by atoms with Crippen LogP contribution in [0.4, 0.5) is 17.1 Å². The number of hydrogen-bond donors (Lipinski definition) is 1. The van der Waals surface area contributed by atoms with Gasteiger partial charge in [0, 0.05) is 23.3 Å². The number of anilines is 3. The summed E-state index contributed by atoms with van der Waals surface area (Å²) in [5, 5.41) is 6.70. The largest absolute Gasteiger partial charge is 0.320 e. The van der Waals surface area contributed by atoms with E-state index in [9.17, 15) is 9.59 Å². The molecule has 2 aromatic rings. The molecule has 0 radical (unpaired) electrons. The fraction of sp³-hybridized carbons (Fsp3) is 0.478. The van der Waals surface area contributed by atoms with Gasteiger partial charge in [-0.2, -0.15) is 0 Å². The highest BCUT2D eigenvalue weighted by Gasteiger charge is 2.33. The number of thiophene rings is 1. The molecule has 7 heteroatoms. The quantitative estimate of drug-likeness (QED) is 0.808. The number of fused-ring (bicyclic) bond motifs is 2. The Balaban J connectivity index is 1.41. The van der Waals surface area contributed by atoms with Crippen LogP contribution in [0.15, 0.2) is 35.0 Å². The van der Waals surface area contributed by atoms with Crippen LogP contribution < -0.4 is 10.2 Å². The van der Waals surface area contributed by atoms with Crippen molar-refractivity contribution < 1.29 is 9.59 Å². The van der Waals surface area contributed by atoms with Crippen LogP contribution in [0.25, 0.3) is 0 Å². The molecule has 2 saturated heterocycles. The molecule has 0 aliphatic carbocycles. The maximum Gasteiger partial charge on any atom is 0.258 e. The first-order chi connectivity index (χ1) is 14.7. The van der Waals surface area contributed by atoms with Crippen molar-refractivity contribution in [3.05, 3.63) is 40.6 Å². The number of piperidine rings is 1. The van der Waals surface area contributed by atoms with Gasteiger partial charge in [-0.3, -0.25) is 19.4 Å². The van der Waals surface area contributed by atoms with E-state index in [1.54, 1.807) is 4.90 Å². The fourth-order valence-electron chi connectivity index (χ4n) is 4.98. The molecule has 4 heterocycles. The molecule has 5 rings (SSSR count). The standard InChI is InChI=1S/C23H28N4O2S/c28-22(14-26-12-4-3-7-17(26)13-25-10-5-6-11-25)27-20-9-2-1-8-19(20)24-23(29)18-15-30-16-21(18)27/h1-2,8-9,15-17H,3-7,10-14H2,(H,24,29). The topological polar surface area (TPSA) is 55.9 Å². The van der Waals surface area contributed by atoms with Crippen molar-refractivity contribution in [2.45, 2.75) is 38.1 Å². The Morgan fingerprint density at radius 3 is 2.70 bits per heavy atom. The highest BCUT2D eigenvalue weighted by molar-refractivity contribution is 7.08. The SMILES string of the molecule is O=C1Nc2ccccc2N(C(=O)CN2CCCCC2CN2CCCC2)c2cscc21. The average Bonchev–Trinajstić information content (AvgIpc) is 3.41. The normalized spacial score (nSPS) is 22.3. The Kier molecular flexibility index (Phi) is 5.58. The summed E-state index contributed by atoms with van der Waals surface area (Å²) in [6.07, 6.45) is 6.12. The van der Waals surface area contributed by atoms with Crippen LogP contribution in [0.2, 0.25) is 0 Å². The number of likely N-dealkylation sites (tertiary alicyclic amines) is 2. The third-order valence-electron chi connectivity index (χ3n) is 6.52. The zero-order valence-electron chi connectivity index (χ0n) is 17.2. The minimum Gasteiger partial charge on any atom is -0.320 e. The number of amides is 2. The van der Waals surface area contributed by atoms with Crippen LogP contribution in [-0.4, -0.2) is 60.4 Å². The van der Waals surface area contributed by atoms with Crippen molar-refractivity contribution in [1.82, 2.24) is 9.80 Å². The Hall–Kier alpha value is -2.22. The summed E-state index contributed by atoms with van der Waals surface area (Å²) in [4.78, 5) is 33.0. The first-order valence-corrected chi connectivity index (χ1v) is 11.9. The van der Waals surface area contributed by atoms with Gasteiger partial charge in [0.2, 0.25) is 5.91 Å². The molecular weight excluding hydrogens is 396 g/mol. The fourth-order valence-corrected chi connectivity index (χ4v) is 5.77. The lowest BCUT2D eigenvalue weighted by Crippen LogP contribution is -2.50. The molecular formula is C23H28N4O2S. The summed E-state index contributed by atoms with van der Waals surface area (Å²) in [5.74, 6) is -0.120. The van der Waals surface area contributed by atoms with E-state index in [1.165, 1.54) is 43.7 Å². The maximum absolute atomic E-state index is 13.7. The van der Waals surface area contributed by atoms with E-state index in [1.807, 2.05) is 35.0 Å². The third kappa shape index (κ3) is 3.77. The van der Waals surface area contributed by atoms with Gasteiger partial charge in [0.05, 0.1) is 29.2 Å². The minimum absolute atomic E-state index is 0.0342. The molecule has 0 saturated carbocycles. The van der Waals surface area contributed by atoms with Crippen LogP contribution in [-0.2, 0) is 4.79 Å². The van der Waals surface area contributed by atoms with Gasteiger partial charge >= 0.3 is 0 Å². The van der Waals surface area contributed by atoms with Crippen molar-refractivity contribution in [1.29, 1.82) is 0 Å². The molecule has 30 heavy (non-hydrogen) atoms. The molecule has 0 spiro atoms. The number of hydrogen-bond acceptors (Lipinski definition) is 5. The lowest BCUT2D eigenvalue weighted by molar-refractivity contribution is -0.120. The van der Waals surface area contributed by atoms with E-state index in [0.717, 1.165) is 31.6 Å². The number of nitrogens with zero attached hydrogens (tertiary/aromatic N) is 3. The van der Waals surface area contributed by atoms with Gasteiger partial charge < -0.3 is 10.2 Å². The second-order valence-electron chi connectivity index (χ2n) is 8.50. The molecule has 3 aliphatic heterocycles. The maximum atomic E-state index is 13.7. The lowest BCUT2D eigenvalue weighted by atomic mass is 10.0. The predicted octanol–water partition coefficient (Wildman–Crippen LogP) is 3.93. The van der Waals surface area contributed by atoms with Crippen LogP contribution in [0.1, 0.15) is 42.5 Å². The molecule has 1 N–H and O–H groups in total. The Bertz CT molecular complexity index is 937. The van der Waals surface area contributed by atoms with Crippen molar-refractivity contribution in [2.24, 2.45) is 0 Å². The smallest absolute Gasteiger partial charge is 0.258 e. The molecule has 1 atom stereocenters. The van der Waals surface area contributed by atoms with Crippen LogP contribution >= 0.6 is 11.3 Å². The van der Waals surface area contributed by atoms with Crippen LogP contribution in [0.3, 0.4) is 0 Å². The Morgan fingerprint density at radius 2 is 1.83 bits per heavy atom. The van der Waals surface area contributed by atoms with E-state index < -0.39 is 0 Å². The number of carbonyl (C=O) groups excluding carboxylic acids is 2. The summed E-state index contributed by atoms with van der Waals surface area (Å²) in [6, 6.07) is 8.01. The second-order valence-corrected chi connectivity index (χ2v) is 9.24. The Labute approximate surface area is 181 Å². The highest BCUT2D eigenvalue weighted by Crippen LogP contribution is 2.39. The average molecular weight is 425 g/mol. The van der Waals surface area contributed by atoms with Crippen LogP contribution in [0, 0.1) is 0 Å². The van der Waals surface area contributed by atoms with Gasteiger partial charge in [0.15, 0.2) is 0 Å². The van der Waals surface area contributed by atoms with Gasteiger partial charge in [-0.05, 0) is 57.5 Å². The lowest BCUT2D eigenvalue weighted by Gasteiger charge is -2.38. The monoisotopic (exact) mass is 424 g/mol. The summed E-state index contributed by atoms with van der Waals surface area (Å²) in [5.41, 5.74) is 2.70. The molecule has 1 aromatic heterocycles. The number of rotatable bonds is 4. The van der Waals surface area contributed by atoms with Crippen molar-refractivity contribution >= 4 is 40.2 Å². The molecule has 6 nitrogen and oxygen atoms in total. The zero-order valence-corrected chi connectivity index (χ0v) is 18.0. The molecule has 3 aliphatic rings. The second kappa shape index (κ2) is 8.49. The minimum atomic E-state index is -0.154. The van der Waals surface area contributed by atoms with E-state index in [0.29, 0.717) is 29.5 Å².